The van der Waals surface area contributed by atoms with Crippen LogP contribution in [0.15, 0.2) is 22.5 Å². The van der Waals surface area contributed by atoms with Crippen molar-refractivity contribution in [3.63, 3.8) is 0 Å². The number of hydrogen-bond acceptors (Lipinski definition) is 3. The van der Waals surface area contributed by atoms with Crippen LogP contribution in [0, 0.1) is 0 Å². The van der Waals surface area contributed by atoms with Crippen LogP contribution in [0.3, 0.4) is 0 Å². The average molecular weight is 504 g/mol. The Bertz CT molecular complexity index is 543. The first-order valence-corrected chi connectivity index (χ1v) is 9.58. The van der Waals surface area contributed by atoms with E-state index in [9.17, 15) is 13.2 Å². The summed E-state index contributed by atoms with van der Waals surface area (Å²) < 4.78 is 38.6. The minimum Gasteiger partial charge on any atom is -0.357 e. The third kappa shape index (κ3) is 6.56. The number of nitrogens with zero attached hydrogens (tertiary/aromatic N) is 3. The van der Waals surface area contributed by atoms with Crippen molar-refractivity contribution in [2.24, 2.45) is 4.99 Å². The van der Waals surface area contributed by atoms with E-state index in [0.29, 0.717) is 38.6 Å². The third-order valence-corrected chi connectivity index (χ3v) is 5.62. The van der Waals surface area contributed by atoms with Crippen LogP contribution in [-0.2, 0) is 0 Å². The van der Waals surface area contributed by atoms with Gasteiger partial charge in [-0.05, 0) is 25.3 Å². The van der Waals surface area contributed by atoms with Gasteiger partial charge in [0.1, 0.15) is 6.04 Å². The predicted octanol–water partition coefficient (Wildman–Crippen LogP) is 4.00. The molecule has 0 aromatic carbocycles. The molecule has 0 bridgehead atoms. The second-order valence-electron chi connectivity index (χ2n) is 6.35. The van der Waals surface area contributed by atoms with E-state index < -0.39 is 12.2 Å². The second-order valence-corrected chi connectivity index (χ2v) is 7.33. The standard InChI is InChI=1S/C17H27F3N4S.HI/c1-4-21-16(22-12-13(2)15-6-5-11-25-15)24-9-7-23(8-10-24)14(3)17(18,19)20;/h5-6,11,13-14H,4,7-10,12H2,1-3H3,(H,21,22);1H. The van der Waals surface area contributed by atoms with Crippen LogP contribution in [0.4, 0.5) is 13.2 Å². The highest BCUT2D eigenvalue weighted by Crippen LogP contribution is 2.25. The van der Waals surface area contributed by atoms with E-state index in [1.54, 1.807) is 11.3 Å². The molecule has 0 radical (unpaired) electrons. The molecule has 0 saturated carbocycles. The molecule has 1 aliphatic rings. The Hall–Kier alpha value is -0.550. The smallest absolute Gasteiger partial charge is 0.357 e. The zero-order valence-corrected chi connectivity index (χ0v) is 18.6. The average Bonchev–Trinajstić information content (AvgIpc) is 3.11. The van der Waals surface area contributed by atoms with Gasteiger partial charge in [0.25, 0.3) is 0 Å². The third-order valence-electron chi connectivity index (χ3n) is 4.51. The summed E-state index contributed by atoms with van der Waals surface area (Å²) in [5.74, 6) is 1.13. The van der Waals surface area contributed by atoms with Crippen molar-refractivity contribution in [3.05, 3.63) is 22.4 Å². The SMILES string of the molecule is CCNC(=NCC(C)c1cccs1)N1CCN(C(C)C(F)(F)F)CC1.I. The maximum Gasteiger partial charge on any atom is 0.403 e. The predicted molar refractivity (Wildman–Crippen MR) is 113 cm³/mol. The first-order chi connectivity index (χ1) is 11.8. The van der Waals surface area contributed by atoms with Gasteiger partial charge in [0.05, 0.1) is 6.54 Å². The van der Waals surface area contributed by atoms with Gasteiger partial charge in [-0.25, -0.2) is 0 Å². The second kappa shape index (κ2) is 10.7. The summed E-state index contributed by atoms with van der Waals surface area (Å²) in [6, 6.07) is 2.75. The first kappa shape index (κ1) is 23.5. The maximum atomic E-state index is 12.9. The molecule has 1 saturated heterocycles. The molecule has 1 fully saturated rings. The molecule has 1 N–H and O–H groups in total. The van der Waals surface area contributed by atoms with Crippen molar-refractivity contribution >= 4 is 41.3 Å². The topological polar surface area (TPSA) is 30.9 Å². The number of alkyl halides is 3. The van der Waals surface area contributed by atoms with Gasteiger partial charge in [-0.1, -0.05) is 13.0 Å². The highest BCUT2D eigenvalue weighted by Gasteiger charge is 2.41. The monoisotopic (exact) mass is 504 g/mol. The lowest BCUT2D eigenvalue weighted by Crippen LogP contribution is -2.56. The zero-order valence-electron chi connectivity index (χ0n) is 15.4. The molecule has 2 rings (SSSR count). The highest BCUT2D eigenvalue weighted by molar-refractivity contribution is 14.0. The Morgan fingerprint density at radius 3 is 2.42 bits per heavy atom. The largest absolute Gasteiger partial charge is 0.403 e. The Morgan fingerprint density at radius 1 is 1.27 bits per heavy atom. The summed E-state index contributed by atoms with van der Waals surface area (Å²) in [6.45, 7) is 8.68. The molecule has 1 aliphatic heterocycles. The molecule has 2 unspecified atom stereocenters. The molecule has 1 aromatic rings. The van der Waals surface area contributed by atoms with Crippen molar-refractivity contribution in [1.82, 2.24) is 15.1 Å². The molecule has 0 spiro atoms. The Morgan fingerprint density at radius 2 is 1.92 bits per heavy atom. The molecule has 26 heavy (non-hydrogen) atoms. The van der Waals surface area contributed by atoms with Crippen molar-refractivity contribution < 1.29 is 13.2 Å². The Balaban J connectivity index is 0.00000338. The molecule has 2 atom stereocenters. The number of nitrogens with one attached hydrogen (secondary N) is 1. The van der Waals surface area contributed by atoms with E-state index in [2.05, 4.69) is 28.6 Å². The Kier molecular flexibility index (Phi) is 9.67. The van der Waals surface area contributed by atoms with Crippen LogP contribution in [-0.4, -0.2) is 67.2 Å². The van der Waals surface area contributed by atoms with E-state index in [4.69, 9.17) is 4.99 Å². The number of hydrogen-bond donors (Lipinski definition) is 1. The van der Waals surface area contributed by atoms with Crippen LogP contribution in [0.25, 0.3) is 0 Å². The fourth-order valence-corrected chi connectivity index (χ4v) is 3.62. The minimum absolute atomic E-state index is 0. The van der Waals surface area contributed by atoms with Crippen LogP contribution in [0.2, 0.25) is 0 Å². The highest BCUT2D eigenvalue weighted by atomic mass is 127. The summed E-state index contributed by atoms with van der Waals surface area (Å²) in [5.41, 5.74) is 0. The zero-order chi connectivity index (χ0) is 18.4. The lowest BCUT2D eigenvalue weighted by Gasteiger charge is -2.39. The lowest BCUT2D eigenvalue weighted by atomic mass is 10.1. The summed E-state index contributed by atoms with van der Waals surface area (Å²) >= 11 is 1.72. The van der Waals surface area contributed by atoms with Crippen LogP contribution in [0.5, 0.6) is 0 Å². The van der Waals surface area contributed by atoms with E-state index >= 15 is 0 Å². The first-order valence-electron chi connectivity index (χ1n) is 8.70. The number of piperazine rings is 1. The van der Waals surface area contributed by atoms with Gasteiger partial charge >= 0.3 is 6.18 Å². The van der Waals surface area contributed by atoms with Crippen molar-refractivity contribution in [2.45, 2.75) is 38.9 Å². The van der Waals surface area contributed by atoms with Gasteiger partial charge in [-0.2, -0.15) is 13.2 Å². The molecule has 4 nitrogen and oxygen atoms in total. The van der Waals surface area contributed by atoms with Gasteiger partial charge in [-0.15, -0.1) is 35.3 Å². The van der Waals surface area contributed by atoms with E-state index in [-0.39, 0.29) is 24.0 Å². The van der Waals surface area contributed by atoms with Gasteiger partial charge in [0.15, 0.2) is 5.96 Å². The van der Waals surface area contributed by atoms with Gasteiger partial charge in [0.2, 0.25) is 0 Å². The van der Waals surface area contributed by atoms with Crippen LogP contribution < -0.4 is 5.32 Å². The number of halogens is 4. The summed E-state index contributed by atoms with van der Waals surface area (Å²) in [4.78, 5) is 9.56. The van der Waals surface area contributed by atoms with Crippen LogP contribution in [0.1, 0.15) is 31.6 Å². The van der Waals surface area contributed by atoms with E-state index in [1.165, 1.54) is 16.7 Å². The summed E-state index contributed by atoms with van der Waals surface area (Å²) in [6.07, 6.45) is -4.17. The normalized spacial score (nSPS) is 19.0. The van der Waals surface area contributed by atoms with Crippen molar-refractivity contribution in [1.29, 1.82) is 0 Å². The summed E-state index contributed by atoms with van der Waals surface area (Å²) in [5, 5.41) is 5.32. The van der Waals surface area contributed by atoms with Gasteiger partial charge in [-0.3, -0.25) is 9.89 Å². The molecule has 1 aromatic heterocycles. The molecule has 9 heteroatoms. The maximum absolute atomic E-state index is 12.9. The fraction of sp³-hybridized carbons (Fsp3) is 0.706. The van der Waals surface area contributed by atoms with Crippen molar-refractivity contribution in [3.8, 4) is 0 Å². The fourth-order valence-electron chi connectivity index (χ4n) is 2.84. The van der Waals surface area contributed by atoms with Crippen LogP contribution >= 0.6 is 35.3 Å². The van der Waals surface area contributed by atoms with E-state index in [1.807, 2.05) is 13.0 Å². The molecule has 2 heterocycles. The molecular formula is C17H28F3IN4S. The van der Waals surface area contributed by atoms with E-state index in [0.717, 1.165) is 12.5 Å². The number of aliphatic imine (C=N–C) groups is 1. The van der Waals surface area contributed by atoms with Gasteiger partial charge < -0.3 is 10.2 Å². The molecule has 0 aliphatic carbocycles. The Labute approximate surface area is 174 Å². The number of guanidine groups is 1. The minimum atomic E-state index is -4.17. The van der Waals surface area contributed by atoms with Crippen molar-refractivity contribution in [2.75, 3.05) is 39.3 Å². The number of rotatable bonds is 5. The molecular weight excluding hydrogens is 476 g/mol. The number of thiophene rings is 1. The van der Waals surface area contributed by atoms with Gasteiger partial charge in [0, 0.05) is 43.5 Å². The quantitative estimate of drug-likeness (QED) is 0.374. The lowest BCUT2D eigenvalue weighted by molar-refractivity contribution is -0.181. The molecule has 0 amide bonds. The summed E-state index contributed by atoms with van der Waals surface area (Å²) in [7, 11) is 0. The molecule has 150 valence electrons.